The Labute approximate surface area is 118 Å². The third kappa shape index (κ3) is 5.79. The zero-order chi connectivity index (χ0) is 14.3. The minimum absolute atomic E-state index is 0.0535. The predicted octanol–water partition coefficient (Wildman–Crippen LogP) is 2.65. The molecule has 2 N–H and O–H groups in total. The van der Waals surface area contributed by atoms with Crippen LogP contribution in [0.1, 0.15) is 27.2 Å². The molecular formula is C14H20N2O2S. The molecule has 0 heterocycles. The van der Waals surface area contributed by atoms with Gasteiger partial charge in [-0.3, -0.25) is 9.59 Å². The van der Waals surface area contributed by atoms with Crippen LogP contribution in [0, 0.1) is 0 Å². The van der Waals surface area contributed by atoms with E-state index in [0.717, 1.165) is 17.0 Å². The highest BCUT2D eigenvalue weighted by Gasteiger charge is 2.13. The average molecular weight is 280 g/mol. The molecule has 0 spiro atoms. The highest BCUT2D eigenvalue weighted by molar-refractivity contribution is 8.00. The third-order valence-corrected chi connectivity index (χ3v) is 3.52. The van der Waals surface area contributed by atoms with Crippen LogP contribution in [0.2, 0.25) is 0 Å². The maximum atomic E-state index is 11.7. The Bertz CT molecular complexity index is 432. The quantitative estimate of drug-likeness (QED) is 0.788. The number of carbonyl (C=O) groups is 2. The van der Waals surface area contributed by atoms with Gasteiger partial charge < -0.3 is 10.6 Å². The summed E-state index contributed by atoms with van der Waals surface area (Å²) in [5.41, 5.74) is 0.764. The van der Waals surface area contributed by atoms with E-state index in [2.05, 4.69) is 10.6 Å². The van der Waals surface area contributed by atoms with Crippen molar-refractivity contribution in [2.75, 3.05) is 11.9 Å². The van der Waals surface area contributed by atoms with Crippen LogP contribution >= 0.6 is 11.8 Å². The van der Waals surface area contributed by atoms with Crippen LogP contribution < -0.4 is 10.6 Å². The van der Waals surface area contributed by atoms with E-state index in [1.807, 2.05) is 38.1 Å². The van der Waals surface area contributed by atoms with Crippen molar-refractivity contribution in [2.24, 2.45) is 0 Å². The Morgan fingerprint density at radius 3 is 2.42 bits per heavy atom. The molecule has 0 fully saturated rings. The Balaban J connectivity index is 2.52. The Morgan fingerprint density at radius 2 is 1.89 bits per heavy atom. The first-order valence-corrected chi connectivity index (χ1v) is 7.23. The van der Waals surface area contributed by atoms with Crippen LogP contribution in [0.5, 0.6) is 0 Å². The first kappa shape index (κ1) is 15.6. The van der Waals surface area contributed by atoms with Gasteiger partial charge in [0.1, 0.15) is 0 Å². The molecule has 0 radical (unpaired) electrons. The van der Waals surface area contributed by atoms with Gasteiger partial charge in [-0.2, -0.15) is 0 Å². The zero-order valence-corrected chi connectivity index (χ0v) is 12.3. The van der Waals surface area contributed by atoms with Gasteiger partial charge in [0.2, 0.25) is 11.8 Å². The summed E-state index contributed by atoms with van der Waals surface area (Å²) in [6.45, 7) is 6.10. The molecule has 1 aromatic rings. The number of benzene rings is 1. The molecule has 0 saturated carbocycles. The molecule has 4 nitrogen and oxygen atoms in total. The molecule has 1 atom stereocenters. The first-order valence-electron chi connectivity index (χ1n) is 6.35. The smallest absolute Gasteiger partial charge is 0.233 e. The fourth-order valence-corrected chi connectivity index (χ4v) is 2.36. The van der Waals surface area contributed by atoms with Gasteiger partial charge in [-0.1, -0.05) is 6.92 Å². The third-order valence-electron chi connectivity index (χ3n) is 2.41. The number of amides is 2. The molecule has 0 bridgehead atoms. The largest absolute Gasteiger partial charge is 0.355 e. The van der Waals surface area contributed by atoms with Gasteiger partial charge in [0.05, 0.1) is 5.25 Å². The number of carbonyl (C=O) groups excluding carboxylic acids is 2. The summed E-state index contributed by atoms with van der Waals surface area (Å²) in [7, 11) is 0. The molecule has 19 heavy (non-hydrogen) atoms. The topological polar surface area (TPSA) is 58.2 Å². The number of thioether (sulfide) groups is 1. The van der Waals surface area contributed by atoms with Crippen LogP contribution in [-0.2, 0) is 9.59 Å². The summed E-state index contributed by atoms with van der Waals surface area (Å²) in [6, 6.07) is 7.47. The standard InChI is InChI=1S/C14H20N2O2S/c1-4-9-15-14(18)10(2)19-13-7-5-12(6-8-13)16-11(3)17/h5-8,10H,4,9H2,1-3H3,(H,15,18)(H,16,17)/t10-/m1/s1. The van der Waals surface area contributed by atoms with Gasteiger partial charge in [0.25, 0.3) is 0 Å². The molecular weight excluding hydrogens is 260 g/mol. The highest BCUT2D eigenvalue weighted by Crippen LogP contribution is 2.24. The Morgan fingerprint density at radius 1 is 1.26 bits per heavy atom. The van der Waals surface area contributed by atoms with Gasteiger partial charge in [-0.15, -0.1) is 11.8 Å². The van der Waals surface area contributed by atoms with Crippen LogP contribution in [0.15, 0.2) is 29.2 Å². The zero-order valence-electron chi connectivity index (χ0n) is 11.5. The molecule has 104 valence electrons. The lowest BCUT2D eigenvalue weighted by Gasteiger charge is -2.11. The molecule has 5 heteroatoms. The summed E-state index contributed by atoms with van der Waals surface area (Å²) in [6.07, 6.45) is 0.939. The summed E-state index contributed by atoms with van der Waals surface area (Å²) < 4.78 is 0. The van der Waals surface area contributed by atoms with Crippen molar-refractivity contribution < 1.29 is 9.59 Å². The maximum absolute atomic E-state index is 11.7. The van der Waals surface area contributed by atoms with Crippen molar-refractivity contribution in [2.45, 2.75) is 37.3 Å². The van der Waals surface area contributed by atoms with E-state index in [9.17, 15) is 9.59 Å². The fraction of sp³-hybridized carbons (Fsp3) is 0.429. The van der Waals surface area contributed by atoms with E-state index in [-0.39, 0.29) is 17.1 Å². The van der Waals surface area contributed by atoms with Crippen LogP contribution in [0.3, 0.4) is 0 Å². The monoisotopic (exact) mass is 280 g/mol. The van der Waals surface area contributed by atoms with Crippen LogP contribution in [-0.4, -0.2) is 23.6 Å². The SMILES string of the molecule is CCCNC(=O)[C@@H](C)Sc1ccc(NC(C)=O)cc1. The molecule has 0 unspecified atom stereocenters. The summed E-state index contributed by atoms with van der Waals surface area (Å²) in [5.74, 6) is -0.0366. The van der Waals surface area contributed by atoms with Crippen molar-refractivity contribution in [3.63, 3.8) is 0 Å². The van der Waals surface area contributed by atoms with Gasteiger partial charge in [-0.25, -0.2) is 0 Å². The number of anilines is 1. The lowest BCUT2D eigenvalue weighted by molar-refractivity contribution is -0.120. The van der Waals surface area contributed by atoms with E-state index in [0.29, 0.717) is 6.54 Å². The van der Waals surface area contributed by atoms with Crippen molar-refractivity contribution in [1.29, 1.82) is 0 Å². The summed E-state index contributed by atoms with van der Waals surface area (Å²) >= 11 is 1.50. The average Bonchev–Trinajstić information content (AvgIpc) is 2.37. The van der Waals surface area contributed by atoms with E-state index < -0.39 is 0 Å². The summed E-state index contributed by atoms with van der Waals surface area (Å²) in [4.78, 5) is 23.6. The van der Waals surface area contributed by atoms with Crippen LogP contribution in [0.25, 0.3) is 0 Å². The van der Waals surface area contributed by atoms with Crippen molar-refractivity contribution in [3.8, 4) is 0 Å². The molecule has 0 aromatic heterocycles. The molecule has 2 amide bonds. The van der Waals surface area contributed by atoms with E-state index in [1.165, 1.54) is 18.7 Å². The van der Waals surface area contributed by atoms with E-state index in [1.54, 1.807) is 0 Å². The summed E-state index contributed by atoms with van der Waals surface area (Å²) in [5, 5.41) is 5.45. The highest BCUT2D eigenvalue weighted by atomic mass is 32.2. The Hall–Kier alpha value is -1.49. The van der Waals surface area contributed by atoms with Gasteiger partial charge in [0.15, 0.2) is 0 Å². The lowest BCUT2D eigenvalue weighted by atomic mass is 10.3. The van der Waals surface area contributed by atoms with Crippen molar-refractivity contribution in [1.82, 2.24) is 5.32 Å². The van der Waals surface area contributed by atoms with E-state index >= 15 is 0 Å². The lowest BCUT2D eigenvalue weighted by Crippen LogP contribution is -2.31. The van der Waals surface area contributed by atoms with Crippen molar-refractivity contribution in [3.05, 3.63) is 24.3 Å². The molecule has 1 rings (SSSR count). The van der Waals surface area contributed by atoms with Crippen LogP contribution in [0.4, 0.5) is 5.69 Å². The molecule has 0 aliphatic carbocycles. The minimum atomic E-state index is -0.127. The molecule has 1 aromatic carbocycles. The molecule has 0 aliphatic rings. The molecule has 0 saturated heterocycles. The van der Waals surface area contributed by atoms with E-state index in [4.69, 9.17) is 0 Å². The Kier molecular flexibility index (Phi) is 6.42. The predicted molar refractivity (Wildman–Crippen MR) is 79.4 cm³/mol. The number of hydrogen-bond donors (Lipinski definition) is 2. The number of hydrogen-bond acceptors (Lipinski definition) is 3. The first-order chi connectivity index (χ1) is 9.02. The fourth-order valence-electron chi connectivity index (χ4n) is 1.47. The second-order valence-electron chi connectivity index (χ2n) is 4.26. The second-order valence-corrected chi connectivity index (χ2v) is 5.67. The van der Waals surface area contributed by atoms with Gasteiger partial charge >= 0.3 is 0 Å². The van der Waals surface area contributed by atoms with Crippen molar-refractivity contribution >= 4 is 29.3 Å². The number of nitrogens with one attached hydrogen (secondary N) is 2. The second kappa shape index (κ2) is 7.84. The normalized spacial score (nSPS) is 11.7. The molecule has 0 aliphatic heterocycles. The maximum Gasteiger partial charge on any atom is 0.233 e. The minimum Gasteiger partial charge on any atom is -0.355 e. The van der Waals surface area contributed by atoms with Gasteiger partial charge in [-0.05, 0) is 37.6 Å². The van der Waals surface area contributed by atoms with Gasteiger partial charge in [0, 0.05) is 24.1 Å². The number of rotatable bonds is 6.